The van der Waals surface area contributed by atoms with Gasteiger partial charge >= 0.3 is 0 Å². The van der Waals surface area contributed by atoms with Crippen molar-refractivity contribution in [3.05, 3.63) is 54.1 Å². The number of rotatable bonds is 15. The summed E-state index contributed by atoms with van der Waals surface area (Å²) in [7, 11) is -4.33. The maximum absolute atomic E-state index is 11.9. The van der Waals surface area contributed by atoms with E-state index in [4.69, 9.17) is 0 Å². The van der Waals surface area contributed by atoms with Gasteiger partial charge in [0.25, 0.3) is 10.1 Å². The standard InChI is InChI=1S/C26H38N4O3S/c1-3-4-5-6-7-8-9-10-11-13-16-23-19-20-25(21-26(23)34(31,32)33)30-28-22(2)27-29-24-17-14-12-15-18-24/h12,14-15,17-21,30H,3-11,13,16H2,1-2H3,(H,31,32,33)/b28-22+,29-27?. The van der Waals surface area contributed by atoms with Gasteiger partial charge in [0.1, 0.15) is 0 Å². The Labute approximate surface area is 204 Å². The Balaban J connectivity index is 1.85. The van der Waals surface area contributed by atoms with Crippen LogP contribution in [0.3, 0.4) is 0 Å². The minimum Gasteiger partial charge on any atom is -0.282 e. The number of amidine groups is 1. The van der Waals surface area contributed by atoms with Gasteiger partial charge in [0.05, 0.1) is 16.3 Å². The second-order valence-corrected chi connectivity index (χ2v) is 9.93. The molecular formula is C26H38N4O3S. The molecule has 0 unspecified atom stereocenters. The molecule has 0 bridgehead atoms. The van der Waals surface area contributed by atoms with Crippen LogP contribution in [0.4, 0.5) is 11.4 Å². The van der Waals surface area contributed by atoms with Gasteiger partial charge in [0.2, 0.25) is 0 Å². The molecule has 0 aliphatic heterocycles. The van der Waals surface area contributed by atoms with Crippen LogP contribution in [0.25, 0.3) is 0 Å². The largest absolute Gasteiger partial charge is 0.294 e. The Bertz CT molecular complexity index is 1020. The number of azo groups is 1. The highest BCUT2D eigenvalue weighted by Gasteiger charge is 2.16. The molecule has 0 aromatic heterocycles. The van der Waals surface area contributed by atoms with Crippen molar-refractivity contribution in [2.24, 2.45) is 15.3 Å². The number of aryl methyl sites for hydroxylation is 1. The van der Waals surface area contributed by atoms with Crippen LogP contribution in [0, 0.1) is 0 Å². The zero-order valence-corrected chi connectivity index (χ0v) is 21.2. The van der Waals surface area contributed by atoms with Crippen molar-refractivity contribution in [3.8, 4) is 0 Å². The summed E-state index contributed by atoms with van der Waals surface area (Å²) in [5.74, 6) is 0.381. The number of hydrogen-bond donors (Lipinski definition) is 2. The highest BCUT2D eigenvalue weighted by atomic mass is 32.2. The van der Waals surface area contributed by atoms with Crippen molar-refractivity contribution in [1.29, 1.82) is 0 Å². The van der Waals surface area contributed by atoms with Gasteiger partial charge in [-0.3, -0.25) is 9.98 Å². The Morgan fingerprint density at radius 3 is 2.12 bits per heavy atom. The van der Waals surface area contributed by atoms with Crippen LogP contribution in [0.5, 0.6) is 0 Å². The van der Waals surface area contributed by atoms with Crippen LogP contribution >= 0.6 is 0 Å². The first kappa shape index (κ1) is 27.7. The quantitative estimate of drug-likeness (QED) is 0.0666. The van der Waals surface area contributed by atoms with E-state index in [1.165, 1.54) is 51.0 Å². The molecule has 0 heterocycles. The molecule has 34 heavy (non-hydrogen) atoms. The van der Waals surface area contributed by atoms with Crippen molar-refractivity contribution in [2.75, 3.05) is 5.43 Å². The highest BCUT2D eigenvalue weighted by Crippen LogP contribution is 2.23. The predicted octanol–water partition coefficient (Wildman–Crippen LogP) is 7.93. The van der Waals surface area contributed by atoms with E-state index < -0.39 is 10.1 Å². The zero-order chi connectivity index (χ0) is 24.7. The van der Waals surface area contributed by atoms with Crippen LogP contribution in [0.1, 0.15) is 83.6 Å². The molecule has 2 aromatic rings. The summed E-state index contributed by atoms with van der Waals surface area (Å²) >= 11 is 0. The molecule has 7 nitrogen and oxygen atoms in total. The fourth-order valence-electron chi connectivity index (χ4n) is 3.67. The minimum absolute atomic E-state index is 0.0767. The van der Waals surface area contributed by atoms with Gasteiger partial charge in [0, 0.05) is 0 Å². The normalized spacial score (nSPS) is 12.4. The van der Waals surface area contributed by atoms with Gasteiger partial charge in [-0.05, 0) is 49.6 Å². The maximum Gasteiger partial charge on any atom is 0.294 e. The molecule has 0 spiro atoms. The molecule has 0 atom stereocenters. The van der Waals surface area contributed by atoms with Crippen molar-refractivity contribution < 1.29 is 13.0 Å². The van der Waals surface area contributed by atoms with Gasteiger partial charge in [-0.25, -0.2) is 0 Å². The molecule has 186 valence electrons. The van der Waals surface area contributed by atoms with E-state index in [0.29, 0.717) is 29.2 Å². The zero-order valence-electron chi connectivity index (χ0n) is 20.4. The summed E-state index contributed by atoms with van der Waals surface area (Å²) in [6.07, 6.45) is 12.8. The number of nitrogens with zero attached hydrogens (tertiary/aromatic N) is 3. The topological polar surface area (TPSA) is 103 Å². The third-order valence-electron chi connectivity index (χ3n) is 5.56. The van der Waals surface area contributed by atoms with Gasteiger partial charge in [-0.2, -0.15) is 13.5 Å². The van der Waals surface area contributed by atoms with Crippen molar-refractivity contribution >= 4 is 27.3 Å². The average molecular weight is 487 g/mol. The van der Waals surface area contributed by atoms with Crippen molar-refractivity contribution in [1.82, 2.24) is 0 Å². The van der Waals surface area contributed by atoms with E-state index in [1.807, 2.05) is 30.3 Å². The molecule has 0 amide bonds. The molecule has 8 heteroatoms. The predicted molar refractivity (Wildman–Crippen MR) is 139 cm³/mol. The minimum atomic E-state index is -4.33. The smallest absolute Gasteiger partial charge is 0.282 e. The molecular weight excluding hydrogens is 448 g/mol. The van der Waals surface area contributed by atoms with Gasteiger partial charge in [0.15, 0.2) is 5.84 Å². The van der Waals surface area contributed by atoms with Crippen LogP contribution in [0.2, 0.25) is 0 Å². The molecule has 0 saturated heterocycles. The molecule has 0 saturated carbocycles. The van der Waals surface area contributed by atoms with E-state index >= 15 is 0 Å². The van der Waals surface area contributed by atoms with E-state index in [0.717, 1.165) is 19.3 Å². The number of benzene rings is 2. The second-order valence-electron chi connectivity index (χ2n) is 8.54. The van der Waals surface area contributed by atoms with Crippen LogP contribution < -0.4 is 5.43 Å². The van der Waals surface area contributed by atoms with Gasteiger partial charge < -0.3 is 0 Å². The Morgan fingerprint density at radius 2 is 1.50 bits per heavy atom. The lowest BCUT2D eigenvalue weighted by molar-refractivity contribution is 0.481. The first-order valence-corrected chi connectivity index (χ1v) is 13.7. The summed E-state index contributed by atoms with van der Waals surface area (Å²) in [6.45, 7) is 3.91. The summed E-state index contributed by atoms with van der Waals surface area (Å²) < 4.78 is 33.6. The Morgan fingerprint density at radius 1 is 0.882 bits per heavy atom. The molecule has 2 N–H and O–H groups in total. The number of nitrogens with one attached hydrogen (secondary N) is 1. The van der Waals surface area contributed by atoms with E-state index in [2.05, 4.69) is 27.7 Å². The number of unbranched alkanes of at least 4 members (excludes halogenated alkanes) is 9. The maximum atomic E-state index is 11.9. The number of anilines is 1. The monoisotopic (exact) mass is 486 g/mol. The Kier molecular flexibility index (Phi) is 12.5. The van der Waals surface area contributed by atoms with E-state index in [9.17, 15) is 13.0 Å². The second kappa shape index (κ2) is 15.3. The lowest BCUT2D eigenvalue weighted by atomic mass is 10.0. The molecule has 0 fully saturated rings. The summed E-state index contributed by atoms with van der Waals surface area (Å²) in [5.41, 5.74) is 4.57. The van der Waals surface area contributed by atoms with E-state index in [-0.39, 0.29) is 4.90 Å². The highest BCUT2D eigenvalue weighted by molar-refractivity contribution is 7.85. The van der Waals surface area contributed by atoms with E-state index in [1.54, 1.807) is 19.1 Å². The lowest BCUT2D eigenvalue weighted by Gasteiger charge is -2.10. The SMILES string of the molecule is CCCCCCCCCCCCc1ccc(N/N=C(\C)N=Nc2ccccc2)cc1S(=O)(=O)O. The average Bonchev–Trinajstić information content (AvgIpc) is 2.83. The first-order valence-electron chi connectivity index (χ1n) is 12.3. The van der Waals surface area contributed by atoms with Crippen LogP contribution in [-0.2, 0) is 16.5 Å². The number of hydrazone groups is 1. The summed E-state index contributed by atoms with van der Waals surface area (Å²) in [4.78, 5) is -0.0767. The van der Waals surface area contributed by atoms with Crippen molar-refractivity contribution in [2.45, 2.75) is 89.4 Å². The van der Waals surface area contributed by atoms with Gasteiger partial charge in [-0.15, -0.1) is 10.2 Å². The number of hydrogen-bond acceptors (Lipinski definition) is 5. The fraction of sp³-hybridized carbons (Fsp3) is 0.500. The van der Waals surface area contributed by atoms with Crippen LogP contribution in [-0.4, -0.2) is 18.8 Å². The molecule has 0 aliphatic carbocycles. The molecule has 0 aliphatic rings. The summed E-state index contributed by atoms with van der Waals surface area (Å²) in [5, 5.41) is 12.2. The molecule has 2 aromatic carbocycles. The van der Waals surface area contributed by atoms with Gasteiger partial charge in [-0.1, -0.05) is 89.0 Å². The van der Waals surface area contributed by atoms with Crippen molar-refractivity contribution in [3.63, 3.8) is 0 Å². The summed E-state index contributed by atoms with van der Waals surface area (Å²) in [6, 6.07) is 14.2. The molecule has 0 radical (unpaired) electrons. The third kappa shape index (κ3) is 11.0. The lowest BCUT2D eigenvalue weighted by Crippen LogP contribution is -2.05. The fourth-order valence-corrected chi connectivity index (χ4v) is 4.44. The Hall–Kier alpha value is -2.58. The first-order chi connectivity index (χ1) is 16.4. The van der Waals surface area contributed by atoms with Crippen LogP contribution in [0.15, 0.2) is 68.8 Å². The molecule has 2 rings (SSSR count). The third-order valence-corrected chi connectivity index (χ3v) is 6.49.